The maximum Gasteiger partial charge on any atom is 0.225 e. The van der Waals surface area contributed by atoms with Gasteiger partial charge in [-0.25, -0.2) is 0 Å². The minimum atomic E-state index is 0.333. The summed E-state index contributed by atoms with van der Waals surface area (Å²) >= 11 is 0. The van der Waals surface area contributed by atoms with Gasteiger partial charge in [-0.05, 0) is 44.4 Å². The van der Waals surface area contributed by atoms with Crippen LogP contribution in [0.2, 0.25) is 0 Å². The molecule has 3 rings (SSSR count). The van der Waals surface area contributed by atoms with Crippen molar-refractivity contribution in [2.45, 2.75) is 58.8 Å². The van der Waals surface area contributed by atoms with E-state index in [1.807, 2.05) is 0 Å². The Hall–Kier alpha value is -1.30. The molecule has 0 spiro atoms. The molecule has 0 radical (unpaired) electrons. The lowest BCUT2D eigenvalue weighted by Crippen LogP contribution is -2.52. The molecule has 2 N–H and O–H groups in total. The molecule has 3 aliphatic rings. The molecular formula is C21H39N5O. The van der Waals surface area contributed by atoms with Crippen molar-refractivity contribution < 1.29 is 4.79 Å². The Labute approximate surface area is 165 Å². The Morgan fingerprint density at radius 2 is 1.81 bits per heavy atom. The molecule has 0 bridgehead atoms. The predicted octanol–water partition coefficient (Wildman–Crippen LogP) is 2.07. The Kier molecular flexibility index (Phi) is 7.39. The molecule has 0 unspecified atom stereocenters. The molecule has 2 aliphatic carbocycles. The second kappa shape index (κ2) is 9.76. The molecular weight excluding hydrogens is 338 g/mol. The van der Waals surface area contributed by atoms with Crippen LogP contribution in [0.25, 0.3) is 0 Å². The number of carbonyl (C=O) groups is 1. The highest BCUT2D eigenvalue weighted by molar-refractivity contribution is 5.80. The SMILES string of the molecule is CCNC(=NCC1(CC)CCC1)NCCN1CCN(C(=O)C2CCC2)CC1. The molecule has 1 saturated heterocycles. The Bertz CT molecular complexity index is 499. The van der Waals surface area contributed by atoms with Crippen molar-refractivity contribution in [1.29, 1.82) is 0 Å². The summed E-state index contributed by atoms with van der Waals surface area (Å²) in [6, 6.07) is 0. The fourth-order valence-electron chi connectivity index (χ4n) is 4.33. The molecule has 154 valence electrons. The fraction of sp³-hybridized carbons (Fsp3) is 0.905. The summed E-state index contributed by atoms with van der Waals surface area (Å²) < 4.78 is 0. The van der Waals surface area contributed by atoms with E-state index in [-0.39, 0.29) is 0 Å². The van der Waals surface area contributed by atoms with E-state index in [0.717, 1.165) is 71.2 Å². The van der Waals surface area contributed by atoms with Crippen LogP contribution in [0.4, 0.5) is 0 Å². The first-order valence-electron chi connectivity index (χ1n) is 11.2. The third-order valence-corrected chi connectivity index (χ3v) is 6.94. The summed E-state index contributed by atoms with van der Waals surface area (Å²) in [6.45, 7) is 11.9. The molecule has 1 heterocycles. The molecule has 0 aromatic rings. The van der Waals surface area contributed by atoms with E-state index in [0.29, 0.717) is 17.2 Å². The third-order valence-electron chi connectivity index (χ3n) is 6.94. The maximum atomic E-state index is 12.3. The van der Waals surface area contributed by atoms with Crippen molar-refractivity contribution in [3.63, 3.8) is 0 Å². The standard InChI is InChI=1S/C21H39N5O/c1-3-21(9-6-10-21)17-24-20(22-4-2)23-11-12-25-13-15-26(16-14-25)19(27)18-7-5-8-18/h18H,3-17H2,1-2H3,(H2,22,23,24). The number of hydrogen-bond donors (Lipinski definition) is 2. The average molecular weight is 378 g/mol. The fourth-order valence-corrected chi connectivity index (χ4v) is 4.33. The summed E-state index contributed by atoms with van der Waals surface area (Å²) in [7, 11) is 0. The summed E-state index contributed by atoms with van der Waals surface area (Å²) in [4.78, 5) is 21.7. The molecule has 27 heavy (non-hydrogen) atoms. The summed E-state index contributed by atoms with van der Waals surface area (Å²) in [6.07, 6.45) is 8.70. The summed E-state index contributed by atoms with van der Waals surface area (Å²) in [5.41, 5.74) is 0.464. The number of amides is 1. The van der Waals surface area contributed by atoms with Gasteiger partial charge in [0.15, 0.2) is 5.96 Å². The lowest BCUT2D eigenvalue weighted by atomic mass is 9.67. The van der Waals surface area contributed by atoms with Gasteiger partial charge >= 0.3 is 0 Å². The molecule has 1 amide bonds. The minimum absolute atomic E-state index is 0.333. The number of nitrogens with one attached hydrogen (secondary N) is 2. The van der Waals surface area contributed by atoms with Crippen molar-refractivity contribution in [3.05, 3.63) is 0 Å². The Balaban J connectivity index is 1.35. The largest absolute Gasteiger partial charge is 0.357 e. The first-order valence-corrected chi connectivity index (χ1v) is 11.2. The number of hydrogen-bond acceptors (Lipinski definition) is 3. The number of piperazine rings is 1. The van der Waals surface area contributed by atoms with Crippen LogP contribution in [0.3, 0.4) is 0 Å². The van der Waals surface area contributed by atoms with E-state index in [2.05, 4.69) is 34.3 Å². The lowest BCUT2D eigenvalue weighted by Gasteiger charge is -2.40. The zero-order valence-corrected chi connectivity index (χ0v) is 17.4. The zero-order chi connectivity index (χ0) is 19.1. The highest BCUT2D eigenvalue weighted by Crippen LogP contribution is 2.43. The monoisotopic (exact) mass is 377 g/mol. The Morgan fingerprint density at radius 3 is 2.33 bits per heavy atom. The molecule has 0 aromatic heterocycles. The Morgan fingerprint density at radius 1 is 1.07 bits per heavy atom. The second-order valence-corrected chi connectivity index (χ2v) is 8.62. The van der Waals surface area contributed by atoms with Gasteiger partial charge in [0.1, 0.15) is 0 Å². The van der Waals surface area contributed by atoms with Crippen LogP contribution in [0.5, 0.6) is 0 Å². The van der Waals surface area contributed by atoms with E-state index in [9.17, 15) is 4.79 Å². The summed E-state index contributed by atoms with van der Waals surface area (Å²) in [5.74, 6) is 1.69. The summed E-state index contributed by atoms with van der Waals surface area (Å²) in [5, 5.41) is 6.88. The first kappa shape index (κ1) is 20.4. The highest BCUT2D eigenvalue weighted by atomic mass is 16.2. The number of rotatable bonds is 8. The molecule has 1 aliphatic heterocycles. The molecule has 3 fully saturated rings. The van der Waals surface area contributed by atoms with Crippen molar-refractivity contribution in [2.24, 2.45) is 16.3 Å². The predicted molar refractivity (Wildman–Crippen MR) is 111 cm³/mol. The van der Waals surface area contributed by atoms with E-state index >= 15 is 0 Å². The van der Waals surface area contributed by atoms with Gasteiger partial charge in [-0.1, -0.05) is 19.8 Å². The van der Waals surface area contributed by atoms with E-state index in [1.54, 1.807) is 0 Å². The molecule has 2 saturated carbocycles. The van der Waals surface area contributed by atoms with Gasteiger partial charge in [-0.2, -0.15) is 0 Å². The molecule has 0 aromatic carbocycles. The van der Waals surface area contributed by atoms with Crippen molar-refractivity contribution in [2.75, 3.05) is 52.4 Å². The lowest BCUT2D eigenvalue weighted by molar-refractivity contribution is -0.139. The van der Waals surface area contributed by atoms with Crippen LogP contribution in [-0.4, -0.2) is 74.0 Å². The number of guanidine groups is 1. The first-order chi connectivity index (χ1) is 13.2. The van der Waals surface area contributed by atoms with Gasteiger partial charge in [-0.3, -0.25) is 14.7 Å². The van der Waals surface area contributed by atoms with E-state index < -0.39 is 0 Å². The normalized spacial score (nSPS) is 23.5. The van der Waals surface area contributed by atoms with E-state index in [1.165, 1.54) is 32.1 Å². The zero-order valence-electron chi connectivity index (χ0n) is 17.4. The van der Waals surface area contributed by atoms with Crippen LogP contribution in [0.15, 0.2) is 4.99 Å². The van der Waals surface area contributed by atoms with Crippen LogP contribution in [0, 0.1) is 11.3 Å². The van der Waals surface area contributed by atoms with Gasteiger partial charge in [0.2, 0.25) is 5.91 Å². The van der Waals surface area contributed by atoms with Crippen molar-refractivity contribution in [1.82, 2.24) is 20.4 Å². The van der Waals surface area contributed by atoms with Crippen molar-refractivity contribution in [3.8, 4) is 0 Å². The highest BCUT2D eigenvalue weighted by Gasteiger charge is 2.35. The molecule has 6 nitrogen and oxygen atoms in total. The van der Waals surface area contributed by atoms with Crippen LogP contribution >= 0.6 is 0 Å². The number of carbonyl (C=O) groups excluding carboxylic acids is 1. The smallest absolute Gasteiger partial charge is 0.225 e. The van der Waals surface area contributed by atoms with Gasteiger partial charge in [0, 0.05) is 58.3 Å². The average Bonchev–Trinajstić information content (AvgIpc) is 2.60. The van der Waals surface area contributed by atoms with Gasteiger partial charge < -0.3 is 15.5 Å². The second-order valence-electron chi connectivity index (χ2n) is 8.62. The quantitative estimate of drug-likeness (QED) is 0.502. The van der Waals surface area contributed by atoms with Crippen LogP contribution < -0.4 is 10.6 Å². The van der Waals surface area contributed by atoms with E-state index in [4.69, 9.17) is 4.99 Å². The van der Waals surface area contributed by atoms with Crippen LogP contribution in [-0.2, 0) is 4.79 Å². The molecule has 6 heteroatoms. The van der Waals surface area contributed by atoms with Gasteiger partial charge in [0.05, 0.1) is 0 Å². The van der Waals surface area contributed by atoms with Crippen LogP contribution in [0.1, 0.15) is 58.8 Å². The topological polar surface area (TPSA) is 60.0 Å². The third kappa shape index (κ3) is 5.37. The van der Waals surface area contributed by atoms with Crippen molar-refractivity contribution >= 4 is 11.9 Å². The van der Waals surface area contributed by atoms with Gasteiger partial charge in [0.25, 0.3) is 0 Å². The molecule has 0 atom stereocenters. The maximum absolute atomic E-state index is 12.3. The minimum Gasteiger partial charge on any atom is -0.357 e. The number of aliphatic imine (C=N–C) groups is 1. The number of nitrogens with zero attached hydrogens (tertiary/aromatic N) is 3. The van der Waals surface area contributed by atoms with Gasteiger partial charge in [-0.15, -0.1) is 0 Å².